The first kappa shape index (κ1) is 10.2. The van der Waals surface area contributed by atoms with Crippen molar-refractivity contribution in [3.8, 4) is 0 Å². The number of hydrogen-bond acceptors (Lipinski definition) is 3. The smallest absolute Gasteiger partial charge is 0.407 e. The molecule has 0 aromatic heterocycles. The largest absolute Gasteiger partial charge is 0.447 e. The van der Waals surface area contributed by atoms with Crippen LogP contribution in [0.1, 0.15) is 20.8 Å². The second-order valence-electron chi connectivity index (χ2n) is 2.68. The number of nitrogens with one attached hydrogen (secondary N) is 1. The van der Waals surface area contributed by atoms with E-state index in [1.165, 1.54) is 0 Å². The Morgan fingerprint density at radius 2 is 2.09 bits per heavy atom. The molecule has 0 aliphatic carbocycles. The molecule has 0 aromatic rings. The maximum absolute atomic E-state index is 10.8. The van der Waals surface area contributed by atoms with Crippen LogP contribution in [0, 0.1) is 0 Å². The molecule has 0 aliphatic rings. The molecule has 0 aliphatic heterocycles. The number of carbonyl (C=O) groups excluding carboxylic acids is 1. The second kappa shape index (κ2) is 4.96. The highest BCUT2D eigenvalue weighted by molar-refractivity contribution is 5.67. The molecule has 0 saturated heterocycles. The molecule has 0 spiro atoms. The van der Waals surface area contributed by atoms with E-state index in [9.17, 15) is 4.79 Å². The summed E-state index contributed by atoms with van der Waals surface area (Å²) in [4.78, 5) is 10.8. The molecule has 4 heteroatoms. The lowest BCUT2D eigenvalue weighted by Gasteiger charge is -2.12. The number of rotatable bonds is 3. The minimum absolute atomic E-state index is 0.0762. The summed E-state index contributed by atoms with van der Waals surface area (Å²) >= 11 is 0. The maximum atomic E-state index is 10.8. The maximum Gasteiger partial charge on any atom is 0.407 e. The van der Waals surface area contributed by atoms with Crippen molar-refractivity contribution in [2.45, 2.75) is 32.9 Å². The van der Waals surface area contributed by atoms with Gasteiger partial charge in [-0.25, -0.2) is 4.79 Å². The molecular weight excluding hydrogens is 146 g/mol. The Morgan fingerprint density at radius 1 is 1.55 bits per heavy atom. The molecule has 1 atom stereocenters. The zero-order chi connectivity index (χ0) is 8.85. The van der Waals surface area contributed by atoms with Gasteiger partial charge in [0.15, 0.2) is 0 Å². The average Bonchev–Trinajstić information content (AvgIpc) is 1.85. The van der Waals surface area contributed by atoms with Gasteiger partial charge in [0.25, 0.3) is 0 Å². The van der Waals surface area contributed by atoms with E-state index in [0.717, 1.165) is 0 Å². The van der Waals surface area contributed by atoms with E-state index in [0.29, 0.717) is 0 Å². The summed E-state index contributed by atoms with van der Waals surface area (Å²) < 4.78 is 4.76. The lowest BCUT2D eigenvalue weighted by Crippen LogP contribution is -2.36. The first-order valence-corrected chi connectivity index (χ1v) is 3.64. The van der Waals surface area contributed by atoms with Crippen molar-refractivity contribution in [1.82, 2.24) is 5.32 Å². The topological polar surface area (TPSA) is 58.6 Å². The zero-order valence-corrected chi connectivity index (χ0v) is 7.13. The summed E-state index contributed by atoms with van der Waals surface area (Å²) in [5, 5.41) is 11.0. The Hall–Kier alpha value is -0.770. The third-order valence-corrected chi connectivity index (χ3v) is 0.981. The summed E-state index contributed by atoms with van der Waals surface area (Å²) in [7, 11) is 0. The average molecular weight is 161 g/mol. The molecule has 0 radical (unpaired) electrons. The highest BCUT2D eigenvalue weighted by atomic mass is 16.6. The van der Waals surface area contributed by atoms with Gasteiger partial charge in [-0.15, -0.1) is 0 Å². The normalized spacial score (nSPS) is 12.8. The van der Waals surface area contributed by atoms with Crippen LogP contribution in [0.4, 0.5) is 4.79 Å². The van der Waals surface area contributed by atoms with Crippen LogP contribution in [0.15, 0.2) is 0 Å². The fourth-order valence-corrected chi connectivity index (χ4v) is 0.495. The van der Waals surface area contributed by atoms with Crippen molar-refractivity contribution in [1.29, 1.82) is 0 Å². The Kier molecular flexibility index (Phi) is 4.61. The van der Waals surface area contributed by atoms with Crippen LogP contribution in [0.25, 0.3) is 0 Å². The van der Waals surface area contributed by atoms with Crippen LogP contribution < -0.4 is 5.32 Å². The lowest BCUT2D eigenvalue weighted by molar-refractivity contribution is 0.108. The molecule has 0 bridgehead atoms. The predicted octanol–water partition coefficient (Wildman–Crippen LogP) is 0.502. The van der Waals surface area contributed by atoms with Gasteiger partial charge >= 0.3 is 6.09 Å². The number of carbonyl (C=O) groups is 1. The molecule has 0 fully saturated rings. The minimum Gasteiger partial charge on any atom is -0.447 e. The fourth-order valence-electron chi connectivity index (χ4n) is 0.495. The van der Waals surface area contributed by atoms with Gasteiger partial charge in [0.05, 0.1) is 18.8 Å². The number of alkyl carbamates (subject to hydrolysis) is 1. The summed E-state index contributed by atoms with van der Waals surface area (Å²) in [6, 6.07) is -0.249. The number of aliphatic hydroxyl groups is 1. The quantitative estimate of drug-likeness (QED) is 0.633. The van der Waals surface area contributed by atoms with Crippen molar-refractivity contribution in [3.63, 3.8) is 0 Å². The van der Waals surface area contributed by atoms with Crippen molar-refractivity contribution in [3.05, 3.63) is 0 Å². The van der Waals surface area contributed by atoms with E-state index in [2.05, 4.69) is 5.32 Å². The summed E-state index contributed by atoms with van der Waals surface area (Å²) in [6.45, 7) is 5.15. The van der Waals surface area contributed by atoms with Crippen LogP contribution >= 0.6 is 0 Å². The summed E-state index contributed by atoms with van der Waals surface area (Å²) in [6.07, 6.45) is -0.609. The van der Waals surface area contributed by atoms with Gasteiger partial charge in [-0.3, -0.25) is 0 Å². The van der Waals surface area contributed by atoms with Gasteiger partial charge in [-0.1, -0.05) is 0 Å². The first-order valence-electron chi connectivity index (χ1n) is 3.64. The zero-order valence-electron chi connectivity index (χ0n) is 7.13. The van der Waals surface area contributed by atoms with Crippen LogP contribution in [0.2, 0.25) is 0 Å². The molecule has 0 rings (SSSR count). The molecule has 2 N–H and O–H groups in total. The van der Waals surface area contributed by atoms with Crippen molar-refractivity contribution in [2.75, 3.05) is 6.61 Å². The standard InChI is InChI=1S/C7H15NO3/c1-5(2)11-7(10)8-6(3)4-9/h5-6,9H,4H2,1-3H3,(H,8,10)/t6-/m0/s1. The van der Waals surface area contributed by atoms with E-state index in [1.807, 2.05) is 0 Å². The van der Waals surface area contributed by atoms with E-state index in [4.69, 9.17) is 9.84 Å². The summed E-state index contributed by atoms with van der Waals surface area (Å²) in [5.41, 5.74) is 0. The van der Waals surface area contributed by atoms with E-state index in [-0.39, 0.29) is 18.8 Å². The Morgan fingerprint density at radius 3 is 2.45 bits per heavy atom. The number of amides is 1. The number of aliphatic hydroxyl groups excluding tert-OH is 1. The highest BCUT2D eigenvalue weighted by Gasteiger charge is 2.07. The molecular formula is C7H15NO3. The van der Waals surface area contributed by atoms with Gasteiger partial charge in [0.1, 0.15) is 0 Å². The van der Waals surface area contributed by atoms with Crippen LogP contribution in [0.5, 0.6) is 0 Å². The fraction of sp³-hybridized carbons (Fsp3) is 0.857. The number of hydrogen-bond donors (Lipinski definition) is 2. The molecule has 0 heterocycles. The third kappa shape index (κ3) is 5.66. The molecule has 11 heavy (non-hydrogen) atoms. The van der Waals surface area contributed by atoms with Gasteiger partial charge in [0.2, 0.25) is 0 Å². The molecule has 0 aromatic carbocycles. The van der Waals surface area contributed by atoms with Crippen molar-refractivity contribution >= 4 is 6.09 Å². The Balaban J connectivity index is 3.52. The first-order chi connectivity index (χ1) is 5.06. The van der Waals surface area contributed by atoms with Crippen LogP contribution in [0.3, 0.4) is 0 Å². The van der Waals surface area contributed by atoms with E-state index >= 15 is 0 Å². The van der Waals surface area contributed by atoms with Crippen LogP contribution in [-0.4, -0.2) is 30.0 Å². The molecule has 4 nitrogen and oxygen atoms in total. The van der Waals surface area contributed by atoms with E-state index in [1.54, 1.807) is 20.8 Å². The second-order valence-corrected chi connectivity index (χ2v) is 2.68. The van der Waals surface area contributed by atoms with E-state index < -0.39 is 6.09 Å². The third-order valence-electron chi connectivity index (χ3n) is 0.981. The Bertz CT molecular complexity index is 125. The van der Waals surface area contributed by atoms with Gasteiger partial charge in [-0.2, -0.15) is 0 Å². The van der Waals surface area contributed by atoms with Gasteiger partial charge in [-0.05, 0) is 20.8 Å². The molecule has 1 amide bonds. The lowest BCUT2D eigenvalue weighted by atomic mass is 10.4. The highest BCUT2D eigenvalue weighted by Crippen LogP contribution is 1.89. The SMILES string of the molecule is CC(C)OC(=O)N[C@@H](C)CO. The molecule has 66 valence electrons. The van der Waals surface area contributed by atoms with Gasteiger partial charge in [0, 0.05) is 0 Å². The van der Waals surface area contributed by atoms with Crippen molar-refractivity contribution in [2.24, 2.45) is 0 Å². The predicted molar refractivity (Wildman–Crippen MR) is 41.3 cm³/mol. The molecule has 0 unspecified atom stereocenters. The monoisotopic (exact) mass is 161 g/mol. The molecule has 0 saturated carbocycles. The van der Waals surface area contributed by atoms with Gasteiger partial charge < -0.3 is 15.2 Å². The number of ether oxygens (including phenoxy) is 1. The minimum atomic E-state index is -0.485. The Labute approximate surface area is 66.5 Å². The summed E-state index contributed by atoms with van der Waals surface area (Å²) in [5.74, 6) is 0. The van der Waals surface area contributed by atoms with Crippen molar-refractivity contribution < 1.29 is 14.6 Å². The van der Waals surface area contributed by atoms with Crippen LogP contribution in [-0.2, 0) is 4.74 Å².